The van der Waals surface area contributed by atoms with Gasteiger partial charge in [-0.1, -0.05) is 36.7 Å². The first-order chi connectivity index (χ1) is 12.8. The molecule has 1 aromatic carbocycles. The van der Waals surface area contributed by atoms with Crippen molar-refractivity contribution < 1.29 is 14.2 Å². The third-order valence-electron chi connectivity index (χ3n) is 4.44. The van der Waals surface area contributed by atoms with Crippen LogP contribution in [-0.2, 0) is 10.3 Å². The topological polar surface area (TPSA) is 79.0 Å². The van der Waals surface area contributed by atoms with Crippen molar-refractivity contribution in [3.05, 3.63) is 46.1 Å². The van der Waals surface area contributed by atoms with Crippen LogP contribution in [0.5, 0.6) is 17.4 Å². The summed E-state index contributed by atoms with van der Waals surface area (Å²) in [5, 5.41) is 0. The van der Waals surface area contributed by atoms with Gasteiger partial charge in [-0.25, -0.2) is 4.98 Å². The van der Waals surface area contributed by atoms with Crippen molar-refractivity contribution in [1.82, 2.24) is 4.98 Å². The van der Waals surface area contributed by atoms with E-state index in [4.69, 9.17) is 24.9 Å². The summed E-state index contributed by atoms with van der Waals surface area (Å²) in [6, 6.07) is 7.73. The molecule has 1 unspecified atom stereocenters. The number of rotatable bonds is 2. The maximum atomic E-state index is 6.09. The minimum atomic E-state index is -0.780. The van der Waals surface area contributed by atoms with Gasteiger partial charge in [-0.3, -0.25) is 4.99 Å². The number of fused-ring (bicyclic) bond motifs is 4. The summed E-state index contributed by atoms with van der Waals surface area (Å²) in [7, 11) is 0. The van der Waals surface area contributed by atoms with Gasteiger partial charge in [0.25, 0.3) is 0 Å². The van der Waals surface area contributed by atoms with E-state index in [1.165, 1.54) is 0 Å². The van der Waals surface area contributed by atoms with Crippen molar-refractivity contribution in [3.8, 4) is 17.4 Å². The number of hydrogen-bond donors (Lipinski definition) is 1. The van der Waals surface area contributed by atoms with E-state index in [-0.39, 0.29) is 5.41 Å². The molecular weight excluding hydrogens is 410 g/mol. The summed E-state index contributed by atoms with van der Waals surface area (Å²) < 4.78 is 18.7. The molecule has 0 aliphatic carbocycles. The molecule has 0 bridgehead atoms. The van der Waals surface area contributed by atoms with Gasteiger partial charge in [-0.15, -0.1) is 0 Å². The summed E-state index contributed by atoms with van der Waals surface area (Å²) in [6.07, 6.45) is 1.68. The van der Waals surface area contributed by atoms with Gasteiger partial charge >= 0.3 is 0 Å². The highest BCUT2D eigenvalue weighted by Gasteiger charge is 2.45. The van der Waals surface area contributed by atoms with E-state index in [1.54, 1.807) is 6.20 Å². The Kier molecular flexibility index (Phi) is 4.39. The molecule has 27 heavy (non-hydrogen) atoms. The second-order valence-electron chi connectivity index (χ2n) is 8.07. The number of ether oxygens (including phenoxy) is 3. The number of aromatic nitrogens is 1. The average Bonchev–Trinajstić information content (AvgIpc) is 2.61. The van der Waals surface area contributed by atoms with E-state index in [0.29, 0.717) is 37.3 Å². The molecule has 2 N–H and O–H groups in total. The zero-order valence-electron chi connectivity index (χ0n) is 15.6. The number of benzene rings is 1. The van der Waals surface area contributed by atoms with Gasteiger partial charge in [0.15, 0.2) is 5.75 Å². The Morgan fingerprint density at radius 3 is 2.74 bits per heavy atom. The highest BCUT2D eigenvalue weighted by atomic mass is 79.9. The highest BCUT2D eigenvalue weighted by molar-refractivity contribution is 9.10. The van der Waals surface area contributed by atoms with Crippen LogP contribution in [0.4, 0.5) is 0 Å². The molecule has 0 fully saturated rings. The fraction of sp³-hybridized carbons (Fsp3) is 0.400. The fourth-order valence-electron chi connectivity index (χ4n) is 3.26. The standard InChI is InChI=1S/C20H22BrN3O3/c1-19(2,3)10-26-18-7-14-16(8-23-18)27-15-5-4-12(21)6-13(15)20(14)11-25-9-17(22)24-20/h4-8H,9-11H2,1-3H3,(H2,22,24). The van der Waals surface area contributed by atoms with E-state index in [2.05, 4.69) is 41.7 Å². The molecule has 3 heterocycles. The van der Waals surface area contributed by atoms with Gasteiger partial charge in [-0.2, -0.15) is 0 Å². The third kappa shape index (κ3) is 3.41. The van der Waals surface area contributed by atoms with Crippen molar-refractivity contribution in [3.63, 3.8) is 0 Å². The molecule has 2 aliphatic heterocycles. The summed E-state index contributed by atoms with van der Waals surface area (Å²) in [5.74, 6) is 2.34. The smallest absolute Gasteiger partial charge is 0.213 e. The van der Waals surface area contributed by atoms with E-state index >= 15 is 0 Å². The van der Waals surface area contributed by atoms with Crippen LogP contribution < -0.4 is 15.2 Å². The summed E-state index contributed by atoms with van der Waals surface area (Å²) in [6.45, 7) is 7.59. The Morgan fingerprint density at radius 2 is 2.00 bits per heavy atom. The van der Waals surface area contributed by atoms with Gasteiger partial charge < -0.3 is 19.9 Å². The molecule has 4 rings (SSSR count). The second kappa shape index (κ2) is 6.49. The molecule has 0 saturated heterocycles. The predicted octanol–water partition coefficient (Wildman–Crippen LogP) is 4.01. The number of nitrogens with zero attached hydrogens (tertiary/aromatic N) is 2. The molecule has 1 aromatic heterocycles. The lowest BCUT2D eigenvalue weighted by molar-refractivity contribution is 0.109. The number of aliphatic imine (C=N–C) groups is 1. The quantitative estimate of drug-likeness (QED) is 0.776. The lowest BCUT2D eigenvalue weighted by Crippen LogP contribution is -2.42. The van der Waals surface area contributed by atoms with Crippen LogP contribution in [0.15, 0.2) is 39.9 Å². The molecule has 2 aliphatic rings. The summed E-state index contributed by atoms with van der Waals surface area (Å²) in [4.78, 5) is 9.24. The first kappa shape index (κ1) is 18.3. The van der Waals surface area contributed by atoms with Crippen molar-refractivity contribution in [2.24, 2.45) is 16.1 Å². The Balaban J connectivity index is 1.85. The van der Waals surface area contributed by atoms with Crippen LogP contribution >= 0.6 is 15.9 Å². The van der Waals surface area contributed by atoms with Crippen LogP contribution in [0.2, 0.25) is 0 Å². The Labute approximate surface area is 166 Å². The van der Waals surface area contributed by atoms with E-state index in [9.17, 15) is 0 Å². The number of amidine groups is 1. The number of nitrogens with two attached hydrogens (primary N) is 1. The average molecular weight is 432 g/mol. The van der Waals surface area contributed by atoms with Gasteiger partial charge in [0.2, 0.25) is 5.88 Å². The van der Waals surface area contributed by atoms with Crippen LogP contribution in [-0.4, -0.2) is 30.6 Å². The number of hydrogen-bond acceptors (Lipinski definition) is 6. The second-order valence-corrected chi connectivity index (χ2v) is 8.98. The Bertz CT molecular complexity index is 923. The van der Waals surface area contributed by atoms with E-state index in [1.807, 2.05) is 24.3 Å². The van der Waals surface area contributed by atoms with Crippen LogP contribution in [0, 0.1) is 5.41 Å². The van der Waals surface area contributed by atoms with Crippen LogP contribution in [0.25, 0.3) is 0 Å². The number of pyridine rings is 1. The van der Waals surface area contributed by atoms with Gasteiger partial charge in [0.05, 0.1) is 19.4 Å². The molecule has 142 valence electrons. The monoisotopic (exact) mass is 431 g/mol. The minimum absolute atomic E-state index is 0.0275. The highest BCUT2D eigenvalue weighted by Crippen LogP contribution is 2.51. The molecule has 2 aromatic rings. The Hall–Kier alpha value is -2.12. The van der Waals surface area contributed by atoms with Crippen molar-refractivity contribution >= 4 is 21.8 Å². The molecule has 6 nitrogen and oxygen atoms in total. The molecule has 1 spiro atoms. The Morgan fingerprint density at radius 1 is 1.22 bits per heavy atom. The molecule has 0 saturated carbocycles. The largest absolute Gasteiger partial charge is 0.477 e. The van der Waals surface area contributed by atoms with Gasteiger partial charge in [-0.05, 0) is 23.6 Å². The van der Waals surface area contributed by atoms with Gasteiger partial charge in [0, 0.05) is 21.7 Å². The van der Waals surface area contributed by atoms with Crippen molar-refractivity contribution in [2.75, 3.05) is 19.8 Å². The fourth-order valence-corrected chi connectivity index (χ4v) is 3.63. The first-order valence-corrected chi connectivity index (χ1v) is 9.59. The SMILES string of the molecule is CC(C)(C)COc1cc2c(cn1)Oc1ccc(Br)cc1C21COCC(N)=N1. The third-order valence-corrected chi connectivity index (χ3v) is 4.94. The van der Waals surface area contributed by atoms with E-state index in [0.717, 1.165) is 21.3 Å². The maximum absolute atomic E-state index is 6.09. The normalized spacial score (nSPS) is 21.1. The zero-order chi connectivity index (χ0) is 19.2. The number of halogens is 1. The molecule has 0 amide bonds. The first-order valence-electron chi connectivity index (χ1n) is 8.80. The molecule has 0 radical (unpaired) electrons. The van der Waals surface area contributed by atoms with Crippen molar-refractivity contribution in [2.45, 2.75) is 26.3 Å². The lowest BCUT2D eigenvalue weighted by Gasteiger charge is -2.39. The van der Waals surface area contributed by atoms with Crippen molar-refractivity contribution in [1.29, 1.82) is 0 Å². The van der Waals surface area contributed by atoms with Crippen LogP contribution in [0.3, 0.4) is 0 Å². The van der Waals surface area contributed by atoms with Gasteiger partial charge in [0.1, 0.15) is 23.7 Å². The lowest BCUT2D eigenvalue weighted by atomic mass is 9.81. The molecular formula is C20H22BrN3O3. The summed E-state index contributed by atoms with van der Waals surface area (Å²) >= 11 is 3.54. The predicted molar refractivity (Wildman–Crippen MR) is 107 cm³/mol. The zero-order valence-corrected chi connectivity index (χ0v) is 17.2. The molecule has 7 heteroatoms. The minimum Gasteiger partial charge on any atom is -0.477 e. The maximum Gasteiger partial charge on any atom is 0.213 e. The summed E-state index contributed by atoms with van der Waals surface area (Å²) in [5.41, 5.74) is 7.06. The van der Waals surface area contributed by atoms with E-state index < -0.39 is 5.54 Å². The molecule has 1 atom stereocenters. The van der Waals surface area contributed by atoms with Crippen LogP contribution in [0.1, 0.15) is 31.9 Å².